The van der Waals surface area contributed by atoms with E-state index in [2.05, 4.69) is 36.2 Å². The predicted molar refractivity (Wildman–Crippen MR) is 113 cm³/mol. The molecule has 146 valence electrons. The fraction of sp³-hybridized carbons (Fsp3) is 0.368. The van der Waals surface area contributed by atoms with Crippen LogP contribution in [0, 0.1) is 12.8 Å². The van der Waals surface area contributed by atoms with E-state index >= 15 is 0 Å². The van der Waals surface area contributed by atoms with Gasteiger partial charge < -0.3 is 10.2 Å². The number of halogens is 1. The topological polar surface area (TPSA) is 79.6 Å². The Morgan fingerprint density at radius 3 is 3.04 bits per heavy atom. The van der Waals surface area contributed by atoms with Gasteiger partial charge in [-0.05, 0) is 31.4 Å². The van der Waals surface area contributed by atoms with E-state index < -0.39 is 0 Å². The molecular weight excluding hydrogens is 442 g/mol. The predicted octanol–water partition coefficient (Wildman–Crippen LogP) is 2.75. The Bertz CT molecular complexity index is 1080. The smallest absolute Gasteiger partial charge is 0.275 e. The van der Waals surface area contributed by atoms with Crippen LogP contribution in [0.3, 0.4) is 0 Å². The number of carbonyl (C=O) groups is 1. The van der Waals surface area contributed by atoms with E-state index in [0.29, 0.717) is 23.7 Å². The highest BCUT2D eigenvalue weighted by atomic mass is 79.9. The van der Waals surface area contributed by atoms with Crippen LogP contribution in [0.4, 0.5) is 5.13 Å². The Hall–Kier alpha value is -2.26. The van der Waals surface area contributed by atoms with E-state index in [-0.39, 0.29) is 17.4 Å². The van der Waals surface area contributed by atoms with Crippen LogP contribution in [0.25, 0.3) is 4.96 Å². The molecule has 0 spiro atoms. The van der Waals surface area contributed by atoms with Gasteiger partial charge in [-0.25, -0.2) is 4.98 Å². The summed E-state index contributed by atoms with van der Waals surface area (Å²) in [6, 6.07) is 9.35. The summed E-state index contributed by atoms with van der Waals surface area (Å²) in [5, 5.41) is 8.20. The molecule has 7 nitrogen and oxygen atoms in total. The Labute approximate surface area is 174 Å². The van der Waals surface area contributed by atoms with E-state index in [0.717, 1.165) is 34.6 Å². The van der Waals surface area contributed by atoms with E-state index in [9.17, 15) is 9.59 Å². The number of fused-ring (bicyclic) bond motifs is 1. The molecule has 0 saturated carbocycles. The summed E-state index contributed by atoms with van der Waals surface area (Å²) >= 11 is 4.90. The molecule has 0 aliphatic carbocycles. The summed E-state index contributed by atoms with van der Waals surface area (Å²) < 4.78 is 2.33. The Balaban J connectivity index is 1.45. The van der Waals surface area contributed by atoms with Gasteiger partial charge in [-0.15, -0.1) is 5.10 Å². The number of carbonyl (C=O) groups excluding carboxylic acids is 1. The largest absolute Gasteiger partial charge is 0.352 e. The minimum Gasteiger partial charge on any atom is -0.352 e. The molecule has 1 saturated heterocycles. The standard InChI is InChI=1S/C19H20BrN5O2S/c1-12-9-16(26)25-18(22-12)28-19(23-25)24-8-4-6-14(11-24)17(27)21-10-13-5-2-3-7-15(13)20/h2-3,5,7,9,14H,4,6,8,10-11H2,1H3,(H,21,27)/t14-/m0/s1. The van der Waals surface area contributed by atoms with E-state index in [1.54, 1.807) is 6.92 Å². The van der Waals surface area contributed by atoms with Gasteiger partial charge in [-0.3, -0.25) is 9.59 Å². The molecule has 1 aliphatic heterocycles. The maximum absolute atomic E-state index is 12.7. The Morgan fingerprint density at radius 2 is 2.21 bits per heavy atom. The molecule has 1 atom stereocenters. The van der Waals surface area contributed by atoms with Crippen molar-refractivity contribution in [3.63, 3.8) is 0 Å². The van der Waals surface area contributed by atoms with Gasteiger partial charge in [0.1, 0.15) is 0 Å². The average Bonchev–Trinajstić information content (AvgIpc) is 3.12. The summed E-state index contributed by atoms with van der Waals surface area (Å²) in [5.74, 6) is -0.0534. The van der Waals surface area contributed by atoms with Crippen molar-refractivity contribution in [3.05, 3.63) is 56.4 Å². The second kappa shape index (κ2) is 8.00. The van der Waals surface area contributed by atoms with Crippen molar-refractivity contribution in [2.75, 3.05) is 18.0 Å². The van der Waals surface area contributed by atoms with Crippen LogP contribution < -0.4 is 15.8 Å². The second-order valence-electron chi connectivity index (χ2n) is 6.91. The normalized spacial score (nSPS) is 17.1. The molecule has 2 aromatic heterocycles. The number of nitrogens with zero attached hydrogens (tertiary/aromatic N) is 4. The van der Waals surface area contributed by atoms with Gasteiger partial charge >= 0.3 is 0 Å². The number of nitrogens with one attached hydrogen (secondary N) is 1. The number of aromatic nitrogens is 3. The van der Waals surface area contributed by atoms with Gasteiger partial charge in [0.05, 0.1) is 5.92 Å². The highest BCUT2D eigenvalue weighted by Crippen LogP contribution is 2.27. The van der Waals surface area contributed by atoms with Crippen LogP contribution in [-0.2, 0) is 11.3 Å². The summed E-state index contributed by atoms with van der Waals surface area (Å²) in [6.45, 7) is 3.71. The highest BCUT2D eigenvalue weighted by molar-refractivity contribution is 9.10. The van der Waals surface area contributed by atoms with Gasteiger partial charge in [0.2, 0.25) is 16.0 Å². The molecule has 3 heterocycles. The van der Waals surface area contributed by atoms with Crippen molar-refractivity contribution in [1.82, 2.24) is 19.9 Å². The van der Waals surface area contributed by atoms with Crippen molar-refractivity contribution in [2.45, 2.75) is 26.3 Å². The first kappa shape index (κ1) is 19.1. The number of hydrogen-bond donors (Lipinski definition) is 1. The van der Waals surface area contributed by atoms with Crippen molar-refractivity contribution in [3.8, 4) is 0 Å². The van der Waals surface area contributed by atoms with Crippen molar-refractivity contribution >= 4 is 43.3 Å². The van der Waals surface area contributed by atoms with Crippen LogP contribution >= 0.6 is 27.3 Å². The number of piperidine rings is 1. The van der Waals surface area contributed by atoms with Gasteiger partial charge in [0, 0.05) is 35.9 Å². The lowest BCUT2D eigenvalue weighted by atomic mass is 9.97. The third kappa shape index (κ3) is 3.95. The summed E-state index contributed by atoms with van der Waals surface area (Å²) in [4.78, 5) is 31.8. The molecule has 28 heavy (non-hydrogen) atoms. The molecule has 1 fully saturated rings. The van der Waals surface area contributed by atoms with E-state index in [1.165, 1.54) is 21.9 Å². The zero-order chi connectivity index (χ0) is 19.7. The number of amides is 1. The van der Waals surface area contributed by atoms with Crippen LogP contribution in [0.15, 0.2) is 39.6 Å². The van der Waals surface area contributed by atoms with Crippen LogP contribution in [0.1, 0.15) is 24.1 Å². The summed E-state index contributed by atoms with van der Waals surface area (Å²) in [7, 11) is 0. The van der Waals surface area contributed by atoms with Crippen molar-refractivity contribution < 1.29 is 4.79 Å². The monoisotopic (exact) mass is 461 g/mol. The number of hydrogen-bond acceptors (Lipinski definition) is 6. The maximum atomic E-state index is 12.7. The molecule has 0 unspecified atom stereocenters. The van der Waals surface area contributed by atoms with E-state index in [1.807, 2.05) is 24.3 Å². The number of anilines is 1. The molecule has 1 aliphatic rings. The minimum absolute atomic E-state index is 0.0488. The quantitative estimate of drug-likeness (QED) is 0.645. The molecule has 3 aromatic rings. The second-order valence-corrected chi connectivity index (χ2v) is 8.70. The third-order valence-electron chi connectivity index (χ3n) is 4.84. The van der Waals surface area contributed by atoms with Crippen LogP contribution in [0.5, 0.6) is 0 Å². The molecule has 4 rings (SSSR count). The fourth-order valence-corrected chi connectivity index (χ4v) is 4.78. The van der Waals surface area contributed by atoms with Crippen LogP contribution in [0.2, 0.25) is 0 Å². The van der Waals surface area contributed by atoms with E-state index in [4.69, 9.17) is 0 Å². The highest BCUT2D eigenvalue weighted by Gasteiger charge is 2.27. The first-order valence-corrected chi connectivity index (χ1v) is 10.8. The van der Waals surface area contributed by atoms with Gasteiger partial charge in [0.25, 0.3) is 5.56 Å². The molecule has 1 aromatic carbocycles. The van der Waals surface area contributed by atoms with Crippen LogP contribution in [-0.4, -0.2) is 33.6 Å². The zero-order valence-electron chi connectivity index (χ0n) is 15.4. The van der Waals surface area contributed by atoms with Crippen molar-refractivity contribution in [2.24, 2.45) is 5.92 Å². The Kier molecular flexibility index (Phi) is 5.45. The zero-order valence-corrected chi connectivity index (χ0v) is 17.8. The SMILES string of the molecule is Cc1cc(=O)n2nc(N3CCC[C@H](C(=O)NCc4ccccc4Br)C3)sc2n1. The average molecular weight is 462 g/mol. The Morgan fingerprint density at radius 1 is 1.39 bits per heavy atom. The summed E-state index contributed by atoms with van der Waals surface area (Å²) in [5.41, 5.74) is 1.56. The lowest BCUT2D eigenvalue weighted by molar-refractivity contribution is -0.125. The number of aryl methyl sites for hydroxylation is 1. The molecule has 1 amide bonds. The molecule has 9 heteroatoms. The minimum atomic E-state index is -0.176. The lowest BCUT2D eigenvalue weighted by Crippen LogP contribution is -2.43. The number of benzene rings is 1. The van der Waals surface area contributed by atoms with Crippen molar-refractivity contribution in [1.29, 1.82) is 0 Å². The fourth-order valence-electron chi connectivity index (χ4n) is 3.37. The molecule has 0 radical (unpaired) electrons. The van der Waals surface area contributed by atoms with Gasteiger partial charge in [-0.1, -0.05) is 45.5 Å². The third-order valence-corrected chi connectivity index (χ3v) is 6.58. The molecule has 0 bridgehead atoms. The molecular formula is C19H20BrN5O2S. The first-order chi connectivity index (χ1) is 13.5. The number of rotatable bonds is 4. The summed E-state index contributed by atoms with van der Waals surface area (Å²) in [6.07, 6.45) is 1.75. The molecule has 1 N–H and O–H groups in total. The van der Waals surface area contributed by atoms with Gasteiger partial charge in [-0.2, -0.15) is 4.52 Å². The van der Waals surface area contributed by atoms with Gasteiger partial charge in [0.15, 0.2) is 0 Å². The lowest BCUT2D eigenvalue weighted by Gasteiger charge is -2.31. The first-order valence-electron chi connectivity index (χ1n) is 9.15. The maximum Gasteiger partial charge on any atom is 0.275 e.